The topological polar surface area (TPSA) is 52.3 Å². The van der Waals surface area contributed by atoms with E-state index in [1.54, 1.807) is 0 Å². The van der Waals surface area contributed by atoms with Crippen LogP contribution in [0.5, 0.6) is 0 Å². The number of esters is 1. The second kappa shape index (κ2) is 5.34. The van der Waals surface area contributed by atoms with Crippen LogP contribution in [0.4, 0.5) is 5.69 Å². The van der Waals surface area contributed by atoms with Gasteiger partial charge in [0, 0.05) is 10.4 Å². The van der Waals surface area contributed by atoms with Gasteiger partial charge in [-0.15, -0.1) is 11.3 Å². The zero-order valence-corrected chi connectivity index (χ0v) is 13.3. The van der Waals surface area contributed by atoms with Crippen LogP contribution in [0.15, 0.2) is 24.3 Å². The third kappa shape index (κ3) is 3.21. The van der Waals surface area contributed by atoms with E-state index in [-0.39, 0.29) is 12.1 Å². The van der Waals surface area contributed by atoms with Crippen LogP contribution in [0.1, 0.15) is 49.2 Å². The van der Waals surface area contributed by atoms with Gasteiger partial charge in [-0.3, -0.25) is 0 Å². The molecular weight excluding hydrogens is 282 g/mol. The summed E-state index contributed by atoms with van der Waals surface area (Å²) in [6.07, 6.45) is 4.25. The molecule has 0 spiro atoms. The van der Waals surface area contributed by atoms with Crippen molar-refractivity contribution in [3.63, 3.8) is 0 Å². The molecule has 1 aromatic carbocycles. The van der Waals surface area contributed by atoms with Gasteiger partial charge in [-0.2, -0.15) is 0 Å². The lowest BCUT2D eigenvalue weighted by Crippen LogP contribution is -2.28. The number of hydrogen-bond donors (Lipinski definition) is 1. The number of anilines is 1. The fourth-order valence-electron chi connectivity index (χ4n) is 2.86. The van der Waals surface area contributed by atoms with Crippen LogP contribution in [0.2, 0.25) is 0 Å². The standard InChI is InChI=1S/C17H21NO2S/c1-17(2)7-5-13(6-8-17)20-16(19)15-10-11-9-12(18)3-4-14(11)21-15/h3-4,9-10,13H,5-8,18H2,1-2H3. The van der Waals surface area contributed by atoms with E-state index in [2.05, 4.69) is 13.8 Å². The lowest BCUT2D eigenvalue weighted by atomic mass is 9.76. The van der Waals surface area contributed by atoms with E-state index in [1.165, 1.54) is 11.3 Å². The van der Waals surface area contributed by atoms with Gasteiger partial charge in [-0.05, 0) is 60.7 Å². The number of rotatable bonds is 2. The molecular formula is C17H21NO2S. The number of ether oxygens (including phenoxy) is 1. The molecule has 0 radical (unpaired) electrons. The molecule has 2 N–H and O–H groups in total. The SMILES string of the molecule is CC1(C)CCC(OC(=O)c2cc3cc(N)ccc3s2)CC1. The van der Waals surface area contributed by atoms with Crippen LogP contribution < -0.4 is 5.73 Å². The minimum Gasteiger partial charge on any atom is -0.458 e. The second-order valence-corrected chi connectivity index (χ2v) is 7.76. The first kappa shape index (κ1) is 14.4. The summed E-state index contributed by atoms with van der Waals surface area (Å²) in [4.78, 5) is 13.0. The molecule has 112 valence electrons. The Balaban J connectivity index is 1.69. The van der Waals surface area contributed by atoms with Crippen molar-refractivity contribution in [1.82, 2.24) is 0 Å². The Labute approximate surface area is 129 Å². The van der Waals surface area contributed by atoms with Crippen molar-refractivity contribution in [2.75, 3.05) is 5.73 Å². The normalized spacial score (nSPS) is 18.8. The summed E-state index contributed by atoms with van der Waals surface area (Å²) >= 11 is 1.47. The molecule has 1 fully saturated rings. The lowest BCUT2D eigenvalue weighted by molar-refractivity contribution is 0.0100. The van der Waals surface area contributed by atoms with Gasteiger partial charge in [-0.1, -0.05) is 13.8 Å². The van der Waals surface area contributed by atoms with Crippen LogP contribution >= 0.6 is 11.3 Å². The molecule has 0 amide bonds. The monoisotopic (exact) mass is 303 g/mol. The van der Waals surface area contributed by atoms with E-state index in [0.717, 1.165) is 41.5 Å². The number of benzene rings is 1. The van der Waals surface area contributed by atoms with Crippen molar-refractivity contribution < 1.29 is 9.53 Å². The molecule has 3 rings (SSSR count). The van der Waals surface area contributed by atoms with E-state index in [9.17, 15) is 4.79 Å². The van der Waals surface area contributed by atoms with Gasteiger partial charge in [0.25, 0.3) is 0 Å². The lowest BCUT2D eigenvalue weighted by Gasteiger charge is -2.33. The van der Waals surface area contributed by atoms with E-state index in [0.29, 0.717) is 10.3 Å². The van der Waals surface area contributed by atoms with Gasteiger partial charge in [0.2, 0.25) is 0 Å². The molecule has 0 saturated heterocycles. The van der Waals surface area contributed by atoms with Crippen LogP contribution in [0, 0.1) is 5.41 Å². The number of fused-ring (bicyclic) bond motifs is 1. The quantitative estimate of drug-likeness (QED) is 0.651. The summed E-state index contributed by atoms with van der Waals surface area (Å²) < 4.78 is 6.74. The summed E-state index contributed by atoms with van der Waals surface area (Å²) in [5.74, 6) is -0.195. The Morgan fingerprint density at radius 2 is 2.00 bits per heavy atom. The molecule has 0 atom stereocenters. The molecule has 0 bridgehead atoms. The fourth-order valence-corrected chi connectivity index (χ4v) is 3.79. The van der Waals surface area contributed by atoms with Crippen LogP contribution in [-0.2, 0) is 4.74 Å². The maximum Gasteiger partial charge on any atom is 0.348 e. The van der Waals surface area contributed by atoms with Gasteiger partial charge >= 0.3 is 5.97 Å². The molecule has 1 heterocycles. The number of carbonyl (C=O) groups excluding carboxylic acids is 1. The Morgan fingerprint density at radius 3 is 2.71 bits per heavy atom. The summed E-state index contributed by atoms with van der Waals surface area (Å²) in [5, 5.41) is 1.01. The van der Waals surface area contributed by atoms with Crippen molar-refractivity contribution in [2.24, 2.45) is 5.41 Å². The van der Waals surface area contributed by atoms with E-state index in [1.807, 2.05) is 24.3 Å². The first-order valence-corrected chi connectivity index (χ1v) is 8.25. The van der Waals surface area contributed by atoms with E-state index >= 15 is 0 Å². The third-order valence-electron chi connectivity index (χ3n) is 4.30. The van der Waals surface area contributed by atoms with E-state index in [4.69, 9.17) is 10.5 Å². The zero-order chi connectivity index (χ0) is 15.0. The highest BCUT2D eigenvalue weighted by molar-refractivity contribution is 7.20. The van der Waals surface area contributed by atoms with Gasteiger partial charge in [0.15, 0.2) is 0 Å². The molecule has 21 heavy (non-hydrogen) atoms. The summed E-state index contributed by atoms with van der Waals surface area (Å²) in [7, 11) is 0. The molecule has 3 nitrogen and oxygen atoms in total. The number of nitrogen functional groups attached to an aromatic ring is 1. The van der Waals surface area contributed by atoms with Crippen LogP contribution in [-0.4, -0.2) is 12.1 Å². The smallest absolute Gasteiger partial charge is 0.348 e. The van der Waals surface area contributed by atoms with Gasteiger partial charge in [0.05, 0.1) is 0 Å². The molecule has 0 unspecified atom stereocenters. The minimum absolute atomic E-state index is 0.0702. The fraction of sp³-hybridized carbons (Fsp3) is 0.471. The van der Waals surface area contributed by atoms with Crippen molar-refractivity contribution in [3.8, 4) is 0 Å². The van der Waals surface area contributed by atoms with Crippen molar-refractivity contribution >= 4 is 33.1 Å². The summed E-state index contributed by atoms with van der Waals surface area (Å²) in [6.45, 7) is 4.56. The highest BCUT2D eigenvalue weighted by atomic mass is 32.1. The highest BCUT2D eigenvalue weighted by Gasteiger charge is 2.29. The van der Waals surface area contributed by atoms with Gasteiger partial charge in [-0.25, -0.2) is 4.79 Å². The molecule has 1 aliphatic carbocycles. The Hall–Kier alpha value is -1.55. The Kier molecular flexibility index (Phi) is 3.66. The number of hydrogen-bond acceptors (Lipinski definition) is 4. The molecule has 1 aromatic heterocycles. The second-order valence-electron chi connectivity index (χ2n) is 6.68. The zero-order valence-electron chi connectivity index (χ0n) is 12.5. The maximum absolute atomic E-state index is 12.3. The number of thiophene rings is 1. The number of nitrogens with two attached hydrogens (primary N) is 1. The highest BCUT2D eigenvalue weighted by Crippen LogP contribution is 2.37. The molecule has 1 saturated carbocycles. The summed E-state index contributed by atoms with van der Waals surface area (Å²) in [6, 6.07) is 7.59. The third-order valence-corrected chi connectivity index (χ3v) is 5.40. The van der Waals surface area contributed by atoms with Crippen LogP contribution in [0.3, 0.4) is 0 Å². The minimum atomic E-state index is -0.195. The van der Waals surface area contributed by atoms with Gasteiger partial charge < -0.3 is 10.5 Å². The average molecular weight is 303 g/mol. The van der Waals surface area contributed by atoms with E-state index < -0.39 is 0 Å². The molecule has 2 aromatic rings. The predicted octanol–water partition coefficient (Wildman–Crippen LogP) is 4.61. The van der Waals surface area contributed by atoms with Gasteiger partial charge in [0.1, 0.15) is 11.0 Å². The summed E-state index contributed by atoms with van der Waals surface area (Å²) in [5.41, 5.74) is 6.88. The largest absolute Gasteiger partial charge is 0.458 e. The Bertz CT molecular complexity index is 664. The van der Waals surface area contributed by atoms with Crippen molar-refractivity contribution in [2.45, 2.75) is 45.6 Å². The molecule has 0 aliphatic heterocycles. The first-order valence-electron chi connectivity index (χ1n) is 7.43. The van der Waals surface area contributed by atoms with Crippen molar-refractivity contribution in [1.29, 1.82) is 0 Å². The molecule has 4 heteroatoms. The Morgan fingerprint density at radius 1 is 1.29 bits per heavy atom. The van der Waals surface area contributed by atoms with Crippen molar-refractivity contribution in [3.05, 3.63) is 29.1 Å². The maximum atomic E-state index is 12.3. The predicted molar refractivity (Wildman–Crippen MR) is 87.7 cm³/mol. The first-order chi connectivity index (χ1) is 9.93. The average Bonchev–Trinajstić information content (AvgIpc) is 2.84. The number of carbonyl (C=O) groups is 1. The molecule has 1 aliphatic rings. The van der Waals surface area contributed by atoms with Crippen LogP contribution in [0.25, 0.3) is 10.1 Å².